The van der Waals surface area contributed by atoms with Gasteiger partial charge in [-0.25, -0.2) is 0 Å². The van der Waals surface area contributed by atoms with Crippen molar-refractivity contribution >= 4 is 45.1 Å². The van der Waals surface area contributed by atoms with Crippen LogP contribution in [0.5, 0.6) is 11.5 Å². The molecule has 0 radical (unpaired) electrons. The van der Waals surface area contributed by atoms with E-state index >= 15 is 0 Å². The monoisotopic (exact) mass is 521 g/mol. The zero-order chi connectivity index (χ0) is 23.9. The minimum atomic E-state index is -0.455. The molecule has 0 spiro atoms. The smallest absolute Gasteiger partial charge is 0.276 e. The molecule has 9 heteroatoms. The number of carbonyl (C=O) groups excluding carboxylic acids is 2. The third-order valence-electron chi connectivity index (χ3n) is 4.19. The SMILES string of the molecule is CC(C)Oc1ccc(C(=O)NC(=S)NNC(=O)COc2ccc(C(C)(C)C)cc2Br)cc1. The van der Waals surface area contributed by atoms with Crippen LogP contribution in [-0.2, 0) is 10.2 Å². The Hall–Kier alpha value is -2.65. The van der Waals surface area contributed by atoms with Crippen LogP contribution in [0.1, 0.15) is 50.5 Å². The van der Waals surface area contributed by atoms with E-state index in [1.54, 1.807) is 24.3 Å². The van der Waals surface area contributed by atoms with Crippen molar-refractivity contribution < 1.29 is 19.1 Å². The van der Waals surface area contributed by atoms with Crippen molar-refractivity contribution in [2.75, 3.05) is 6.61 Å². The molecule has 0 bridgehead atoms. The predicted octanol–water partition coefficient (Wildman–Crippen LogP) is 4.25. The zero-order valence-electron chi connectivity index (χ0n) is 18.7. The molecule has 32 heavy (non-hydrogen) atoms. The van der Waals surface area contributed by atoms with Gasteiger partial charge in [0.2, 0.25) is 0 Å². The van der Waals surface area contributed by atoms with Crippen LogP contribution in [0.4, 0.5) is 0 Å². The molecular formula is C23H28BrN3O4S. The van der Waals surface area contributed by atoms with Crippen LogP contribution < -0.4 is 25.6 Å². The minimum absolute atomic E-state index is 0.00632. The van der Waals surface area contributed by atoms with E-state index < -0.39 is 11.8 Å². The van der Waals surface area contributed by atoms with Crippen LogP contribution in [-0.4, -0.2) is 29.6 Å². The van der Waals surface area contributed by atoms with Gasteiger partial charge in [-0.15, -0.1) is 0 Å². The highest BCUT2D eigenvalue weighted by molar-refractivity contribution is 9.10. The summed E-state index contributed by atoms with van der Waals surface area (Å²) in [6.07, 6.45) is 0.0445. The van der Waals surface area contributed by atoms with E-state index in [-0.39, 0.29) is 23.2 Å². The normalized spacial score (nSPS) is 11.0. The van der Waals surface area contributed by atoms with Gasteiger partial charge in [0.05, 0.1) is 10.6 Å². The molecule has 0 heterocycles. The second-order valence-corrected chi connectivity index (χ2v) is 9.59. The van der Waals surface area contributed by atoms with E-state index in [9.17, 15) is 9.59 Å². The van der Waals surface area contributed by atoms with Gasteiger partial charge in [0.1, 0.15) is 11.5 Å². The van der Waals surface area contributed by atoms with Gasteiger partial charge >= 0.3 is 0 Å². The van der Waals surface area contributed by atoms with E-state index in [0.717, 1.165) is 10.0 Å². The van der Waals surface area contributed by atoms with Crippen molar-refractivity contribution in [3.63, 3.8) is 0 Å². The molecular weight excluding hydrogens is 494 g/mol. The summed E-state index contributed by atoms with van der Waals surface area (Å²) in [5, 5.41) is 2.45. The average molecular weight is 522 g/mol. The first-order valence-corrected chi connectivity index (χ1v) is 11.3. The lowest BCUT2D eigenvalue weighted by atomic mass is 9.87. The highest BCUT2D eigenvalue weighted by Crippen LogP contribution is 2.31. The molecule has 2 aromatic carbocycles. The Bertz CT molecular complexity index is 972. The maximum absolute atomic E-state index is 12.3. The highest BCUT2D eigenvalue weighted by atomic mass is 79.9. The Labute approximate surface area is 202 Å². The van der Waals surface area contributed by atoms with E-state index in [0.29, 0.717) is 17.1 Å². The lowest BCUT2D eigenvalue weighted by Crippen LogP contribution is -2.49. The molecule has 0 aliphatic heterocycles. The van der Waals surface area contributed by atoms with Crippen LogP contribution in [0.15, 0.2) is 46.9 Å². The topological polar surface area (TPSA) is 88.7 Å². The number of halogens is 1. The number of hydrogen-bond acceptors (Lipinski definition) is 5. The van der Waals surface area contributed by atoms with E-state index in [1.807, 2.05) is 32.0 Å². The number of amides is 2. The summed E-state index contributed by atoms with van der Waals surface area (Å²) < 4.78 is 11.9. The molecule has 0 saturated carbocycles. The number of nitrogens with one attached hydrogen (secondary N) is 3. The Morgan fingerprint density at radius 3 is 2.28 bits per heavy atom. The first-order chi connectivity index (χ1) is 15.0. The van der Waals surface area contributed by atoms with Crippen LogP contribution >= 0.6 is 28.1 Å². The molecule has 0 unspecified atom stereocenters. The molecule has 0 fully saturated rings. The molecule has 0 aliphatic carbocycles. The lowest BCUT2D eigenvalue weighted by molar-refractivity contribution is -0.123. The van der Waals surface area contributed by atoms with E-state index in [1.165, 1.54) is 0 Å². The van der Waals surface area contributed by atoms with Crippen molar-refractivity contribution in [3.8, 4) is 11.5 Å². The Morgan fingerprint density at radius 1 is 1.06 bits per heavy atom. The van der Waals surface area contributed by atoms with Gasteiger partial charge < -0.3 is 9.47 Å². The fourth-order valence-corrected chi connectivity index (χ4v) is 3.19. The van der Waals surface area contributed by atoms with Crippen molar-refractivity contribution in [1.29, 1.82) is 0 Å². The summed E-state index contributed by atoms with van der Waals surface area (Å²) in [5.74, 6) is 0.355. The zero-order valence-corrected chi connectivity index (χ0v) is 21.1. The molecule has 2 amide bonds. The molecule has 0 aromatic heterocycles. The molecule has 2 rings (SSSR count). The van der Waals surface area contributed by atoms with Gasteiger partial charge in [-0.2, -0.15) is 0 Å². The van der Waals surface area contributed by atoms with Gasteiger partial charge in [-0.05, 0) is 89.4 Å². The number of carbonyl (C=O) groups is 2. The summed E-state index contributed by atoms with van der Waals surface area (Å²) >= 11 is 8.52. The largest absolute Gasteiger partial charge is 0.491 e. The quantitative estimate of drug-likeness (QED) is 0.389. The maximum atomic E-state index is 12.3. The number of hydrazine groups is 1. The van der Waals surface area contributed by atoms with Gasteiger partial charge in [-0.1, -0.05) is 26.8 Å². The number of thiocarbonyl (C=S) groups is 1. The summed E-state index contributed by atoms with van der Waals surface area (Å²) in [6, 6.07) is 12.4. The fraction of sp³-hybridized carbons (Fsp3) is 0.348. The van der Waals surface area contributed by atoms with Gasteiger partial charge in [-0.3, -0.25) is 25.8 Å². The standard InChI is InChI=1S/C23H28BrN3O4S/c1-14(2)31-17-9-6-15(7-10-17)21(29)25-22(32)27-26-20(28)13-30-19-11-8-16(12-18(19)24)23(3,4)5/h6-12,14H,13H2,1-5H3,(H,26,28)(H2,25,27,29,32). The van der Waals surface area contributed by atoms with Gasteiger partial charge in [0.15, 0.2) is 11.7 Å². The molecule has 2 aromatic rings. The van der Waals surface area contributed by atoms with Crippen molar-refractivity contribution in [3.05, 3.63) is 58.1 Å². The Morgan fingerprint density at radius 2 is 1.72 bits per heavy atom. The molecule has 172 valence electrons. The third kappa shape index (κ3) is 8.12. The highest BCUT2D eigenvalue weighted by Gasteiger charge is 2.16. The first-order valence-electron chi connectivity index (χ1n) is 10.1. The Balaban J connectivity index is 1.78. The Kier molecular flexibility index (Phi) is 9.03. The van der Waals surface area contributed by atoms with E-state index in [4.69, 9.17) is 21.7 Å². The summed E-state index contributed by atoms with van der Waals surface area (Å²) in [5.41, 5.74) is 6.43. The molecule has 7 nitrogen and oxygen atoms in total. The second-order valence-electron chi connectivity index (χ2n) is 8.33. The van der Waals surface area contributed by atoms with Crippen molar-refractivity contribution in [2.45, 2.75) is 46.1 Å². The summed E-state index contributed by atoms with van der Waals surface area (Å²) in [4.78, 5) is 24.3. The number of ether oxygens (including phenoxy) is 2. The van der Waals surface area contributed by atoms with E-state index in [2.05, 4.69) is 52.9 Å². The molecule has 3 N–H and O–H groups in total. The van der Waals surface area contributed by atoms with Crippen molar-refractivity contribution in [2.24, 2.45) is 0 Å². The summed E-state index contributed by atoms with van der Waals surface area (Å²) in [6.45, 7) is 9.97. The summed E-state index contributed by atoms with van der Waals surface area (Å²) in [7, 11) is 0. The number of hydrogen-bond donors (Lipinski definition) is 3. The number of benzene rings is 2. The van der Waals surface area contributed by atoms with Crippen LogP contribution in [0.25, 0.3) is 0 Å². The second kappa shape index (κ2) is 11.3. The van der Waals surface area contributed by atoms with Crippen LogP contribution in [0.3, 0.4) is 0 Å². The van der Waals surface area contributed by atoms with Gasteiger partial charge in [0, 0.05) is 5.56 Å². The van der Waals surface area contributed by atoms with Gasteiger partial charge in [0.25, 0.3) is 11.8 Å². The number of rotatable bonds is 6. The molecule has 0 aliphatic rings. The third-order valence-corrected chi connectivity index (χ3v) is 5.01. The molecule has 0 saturated heterocycles. The van der Waals surface area contributed by atoms with Crippen LogP contribution in [0, 0.1) is 0 Å². The predicted molar refractivity (Wildman–Crippen MR) is 132 cm³/mol. The average Bonchev–Trinajstić information content (AvgIpc) is 2.70. The fourth-order valence-electron chi connectivity index (χ4n) is 2.55. The first kappa shape index (κ1) is 25.6. The minimum Gasteiger partial charge on any atom is -0.491 e. The van der Waals surface area contributed by atoms with Crippen molar-refractivity contribution in [1.82, 2.24) is 16.2 Å². The molecule has 0 atom stereocenters. The van der Waals surface area contributed by atoms with Crippen LogP contribution in [0.2, 0.25) is 0 Å². The lowest BCUT2D eigenvalue weighted by Gasteiger charge is -2.20. The maximum Gasteiger partial charge on any atom is 0.276 e.